The monoisotopic (exact) mass is 298 g/mol. The Morgan fingerprint density at radius 1 is 1.39 bits per heavy atom. The molecule has 2 rings (SSSR count). The summed E-state index contributed by atoms with van der Waals surface area (Å²) in [5.74, 6) is 0.300. The molecule has 7 heteroatoms. The van der Waals surface area contributed by atoms with Crippen molar-refractivity contribution in [1.82, 2.24) is 4.31 Å². The van der Waals surface area contributed by atoms with Crippen LogP contribution in [0.2, 0.25) is 0 Å². The molecule has 0 spiro atoms. The highest BCUT2D eigenvalue weighted by Crippen LogP contribution is 2.26. The Hall–Kier alpha value is 0.120. The topological polar surface area (TPSA) is 72.6 Å². The summed E-state index contributed by atoms with van der Waals surface area (Å²) >= 11 is 0. The Bertz CT molecular complexity index is 355. The van der Waals surface area contributed by atoms with Crippen LogP contribution in [0.1, 0.15) is 26.2 Å². The fraction of sp³-hybridized carbons (Fsp3) is 1.00. The highest BCUT2D eigenvalue weighted by molar-refractivity contribution is 7.89. The number of nitrogens with two attached hydrogens (primary N) is 1. The predicted molar refractivity (Wildman–Crippen MR) is 73.3 cm³/mol. The highest BCUT2D eigenvalue weighted by atomic mass is 35.5. The molecule has 0 aromatic carbocycles. The smallest absolute Gasteiger partial charge is 0.219 e. The van der Waals surface area contributed by atoms with Gasteiger partial charge in [0, 0.05) is 25.7 Å². The van der Waals surface area contributed by atoms with Crippen LogP contribution in [-0.2, 0) is 14.8 Å². The SMILES string of the molecule is CC(N)C1CCN(S(=O)(=O)C2CCCOC2)C1.Cl. The first-order chi connectivity index (χ1) is 8.01. The molecule has 0 aliphatic carbocycles. The fourth-order valence-corrected chi connectivity index (χ4v) is 4.48. The van der Waals surface area contributed by atoms with E-state index in [1.807, 2.05) is 6.92 Å². The van der Waals surface area contributed by atoms with Gasteiger partial charge in [0.1, 0.15) is 0 Å². The first-order valence-electron chi connectivity index (χ1n) is 6.34. The minimum atomic E-state index is -3.18. The van der Waals surface area contributed by atoms with E-state index in [4.69, 9.17) is 10.5 Å². The molecule has 0 amide bonds. The zero-order valence-electron chi connectivity index (χ0n) is 10.7. The summed E-state index contributed by atoms with van der Waals surface area (Å²) in [6.07, 6.45) is 2.45. The standard InChI is InChI=1S/C11H22N2O3S.ClH/c1-9(12)10-4-5-13(7-10)17(14,15)11-3-2-6-16-8-11;/h9-11H,2-8,12H2,1H3;1H. The molecule has 2 aliphatic heterocycles. The minimum Gasteiger partial charge on any atom is -0.380 e. The minimum absolute atomic E-state index is 0. The molecule has 5 nitrogen and oxygen atoms in total. The normalized spacial score (nSPS) is 31.9. The van der Waals surface area contributed by atoms with Crippen LogP contribution < -0.4 is 5.73 Å². The summed E-state index contributed by atoms with van der Waals surface area (Å²) in [6.45, 7) is 4.18. The van der Waals surface area contributed by atoms with Crippen LogP contribution in [0.4, 0.5) is 0 Å². The van der Waals surface area contributed by atoms with Crippen molar-refractivity contribution in [3.05, 3.63) is 0 Å². The number of nitrogens with zero attached hydrogens (tertiary/aromatic N) is 1. The van der Waals surface area contributed by atoms with Crippen LogP contribution in [-0.4, -0.2) is 50.3 Å². The van der Waals surface area contributed by atoms with Gasteiger partial charge in [-0.25, -0.2) is 12.7 Å². The number of rotatable bonds is 3. The molecule has 2 fully saturated rings. The largest absolute Gasteiger partial charge is 0.380 e. The van der Waals surface area contributed by atoms with Crippen molar-refractivity contribution in [3.63, 3.8) is 0 Å². The first-order valence-corrected chi connectivity index (χ1v) is 7.84. The molecule has 0 radical (unpaired) electrons. The molecular formula is C11H23ClN2O3S. The van der Waals surface area contributed by atoms with Gasteiger partial charge in [-0.1, -0.05) is 0 Å². The van der Waals surface area contributed by atoms with Gasteiger partial charge in [0.05, 0.1) is 11.9 Å². The van der Waals surface area contributed by atoms with E-state index in [1.165, 1.54) is 0 Å². The lowest BCUT2D eigenvalue weighted by molar-refractivity contribution is 0.0976. The Kier molecular flexibility index (Phi) is 5.86. The summed E-state index contributed by atoms with van der Waals surface area (Å²) in [7, 11) is -3.18. The van der Waals surface area contributed by atoms with Gasteiger partial charge in [-0.15, -0.1) is 12.4 Å². The van der Waals surface area contributed by atoms with Crippen LogP contribution in [0.25, 0.3) is 0 Å². The van der Waals surface area contributed by atoms with Crippen LogP contribution in [0, 0.1) is 5.92 Å². The van der Waals surface area contributed by atoms with Crippen molar-refractivity contribution >= 4 is 22.4 Å². The van der Waals surface area contributed by atoms with E-state index in [-0.39, 0.29) is 23.7 Å². The number of hydrogen-bond donors (Lipinski definition) is 1. The number of halogens is 1. The quantitative estimate of drug-likeness (QED) is 0.827. The molecular weight excluding hydrogens is 276 g/mol. The van der Waals surface area contributed by atoms with E-state index in [9.17, 15) is 8.42 Å². The maximum Gasteiger partial charge on any atom is 0.219 e. The molecule has 108 valence electrons. The van der Waals surface area contributed by atoms with Gasteiger partial charge in [0.25, 0.3) is 0 Å². The highest BCUT2D eigenvalue weighted by Gasteiger charge is 2.38. The predicted octanol–water partition coefficient (Wildman–Crippen LogP) is 0.586. The Labute approximate surface area is 116 Å². The Balaban J connectivity index is 0.00000162. The number of ether oxygens (including phenoxy) is 1. The van der Waals surface area contributed by atoms with E-state index >= 15 is 0 Å². The van der Waals surface area contributed by atoms with Crippen molar-refractivity contribution < 1.29 is 13.2 Å². The van der Waals surface area contributed by atoms with E-state index < -0.39 is 10.0 Å². The van der Waals surface area contributed by atoms with Crippen LogP contribution in [0.15, 0.2) is 0 Å². The maximum absolute atomic E-state index is 12.4. The third-order valence-corrected chi connectivity index (χ3v) is 6.10. The summed E-state index contributed by atoms with van der Waals surface area (Å²) in [5, 5.41) is -0.344. The third-order valence-electron chi connectivity index (χ3n) is 3.83. The van der Waals surface area contributed by atoms with Gasteiger partial charge in [-0.3, -0.25) is 0 Å². The average Bonchev–Trinajstić information content (AvgIpc) is 2.80. The van der Waals surface area contributed by atoms with Crippen molar-refractivity contribution in [3.8, 4) is 0 Å². The second kappa shape index (κ2) is 6.52. The zero-order valence-corrected chi connectivity index (χ0v) is 12.4. The van der Waals surface area contributed by atoms with E-state index in [0.29, 0.717) is 32.2 Å². The molecule has 2 saturated heterocycles. The summed E-state index contributed by atoms with van der Waals surface area (Å²) < 4.78 is 31.6. The summed E-state index contributed by atoms with van der Waals surface area (Å²) in [5.41, 5.74) is 5.84. The molecule has 18 heavy (non-hydrogen) atoms. The molecule has 0 bridgehead atoms. The van der Waals surface area contributed by atoms with Crippen molar-refractivity contribution in [2.24, 2.45) is 11.7 Å². The van der Waals surface area contributed by atoms with Gasteiger partial charge in [0.2, 0.25) is 10.0 Å². The van der Waals surface area contributed by atoms with Gasteiger partial charge in [-0.05, 0) is 32.1 Å². The van der Waals surface area contributed by atoms with Crippen LogP contribution >= 0.6 is 12.4 Å². The van der Waals surface area contributed by atoms with Gasteiger partial charge < -0.3 is 10.5 Å². The van der Waals surface area contributed by atoms with Gasteiger partial charge in [-0.2, -0.15) is 0 Å². The lowest BCUT2D eigenvalue weighted by atomic mass is 10.0. The second-order valence-electron chi connectivity index (χ2n) is 5.15. The summed E-state index contributed by atoms with van der Waals surface area (Å²) in [6, 6.07) is 0.0674. The van der Waals surface area contributed by atoms with E-state index in [0.717, 1.165) is 19.3 Å². The maximum atomic E-state index is 12.4. The lowest BCUT2D eigenvalue weighted by Crippen LogP contribution is -2.42. The van der Waals surface area contributed by atoms with Crippen molar-refractivity contribution in [2.45, 2.75) is 37.5 Å². The number of hydrogen-bond acceptors (Lipinski definition) is 4. The first kappa shape index (κ1) is 16.2. The molecule has 0 aromatic rings. The van der Waals surface area contributed by atoms with Gasteiger partial charge in [0.15, 0.2) is 0 Å². The van der Waals surface area contributed by atoms with E-state index in [1.54, 1.807) is 4.31 Å². The molecule has 2 aliphatic rings. The molecule has 0 aromatic heterocycles. The van der Waals surface area contributed by atoms with Crippen molar-refractivity contribution in [1.29, 1.82) is 0 Å². The molecule has 0 saturated carbocycles. The molecule has 2 N–H and O–H groups in total. The molecule has 3 atom stereocenters. The second-order valence-corrected chi connectivity index (χ2v) is 7.36. The Morgan fingerprint density at radius 3 is 2.61 bits per heavy atom. The molecule has 3 unspecified atom stereocenters. The zero-order chi connectivity index (χ0) is 12.5. The molecule has 2 heterocycles. The van der Waals surface area contributed by atoms with Crippen LogP contribution in [0.5, 0.6) is 0 Å². The summed E-state index contributed by atoms with van der Waals surface area (Å²) in [4.78, 5) is 0. The Morgan fingerprint density at radius 2 is 2.11 bits per heavy atom. The fourth-order valence-electron chi connectivity index (χ4n) is 2.57. The number of sulfonamides is 1. The van der Waals surface area contributed by atoms with Crippen molar-refractivity contribution in [2.75, 3.05) is 26.3 Å². The van der Waals surface area contributed by atoms with E-state index in [2.05, 4.69) is 0 Å². The third kappa shape index (κ3) is 3.36. The van der Waals surface area contributed by atoms with Crippen LogP contribution in [0.3, 0.4) is 0 Å². The average molecular weight is 299 g/mol. The van der Waals surface area contributed by atoms with Gasteiger partial charge >= 0.3 is 0 Å². The lowest BCUT2D eigenvalue weighted by Gasteiger charge is -2.27.